The van der Waals surface area contributed by atoms with Crippen LogP contribution in [0.5, 0.6) is 0 Å². The number of nitrogens with zero attached hydrogens (tertiary/aromatic N) is 2. The Morgan fingerprint density at radius 1 is 0.956 bits per heavy atom. The number of piperidine rings is 1. The molecule has 4 rings (SSSR count). The maximum absolute atomic E-state index is 14.3. The largest absolute Gasteiger partial charge is 0.378 e. The molecule has 4 aliphatic rings. The maximum atomic E-state index is 14.3. The van der Waals surface area contributed by atoms with Gasteiger partial charge in [0.2, 0.25) is 23.5 Å². The quantitative estimate of drug-likeness (QED) is 0.243. The highest BCUT2D eigenvalue weighted by atomic mass is 16.5. The van der Waals surface area contributed by atoms with Crippen molar-refractivity contribution in [2.75, 3.05) is 32.8 Å². The minimum Gasteiger partial charge on any atom is -0.378 e. The second-order valence-corrected chi connectivity index (χ2v) is 15.3. The van der Waals surface area contributed by atoms with E-state index in [-0.39, 0.29) is 35.0 Å². The Labute approximate surface area is 266 Å². The van der Waals surface area contributed by atoms with E-state index in [1.54, 1.807) is 4.90 Å². The average Bonchev–Trinajstić information content (AvgIpc) is 3.26. The Kier molecular flexibility index (Phi) is 10.2. The molecular weight excluding hydrogens is 580 g/mol. The number of Topliss-reactive ketones (excluding diaryl/α,β-unsaturated/α-hetero) is 1. The Morgan fingerprint density at radius 2 is 1.58 bits per heavy atom. The molecule has 2 saturated heterocycles. The van der Waals surface area contributed by atoms with Gasteiger partial charge in [-0.05, 0) is 40.9 Å². The lowest BCUT2D eigenvalue weighted by atomic mass is 9.80. The number of hydrogen-bond donors (Lipinski definition) is 4. The molecule has 6 atom stereocenters. The molecule has 1 unspecified atom stereocenters. The number of morpholine rings is 1. The summed E-state index contributed by atoms with van der Waals surface area (Å²) in [4.78, 5) is 82.5. The summed E-state index contributed by atoms with van der Waals surface area (Å²) >= 11 is 0. The van der Waals surface area contributed by atoms with Gasteiger partial charge in [-0.2, -0.15) is 0 Å². The molecule has 0 spiro atoms. The number of carbonyl (C=O) groups is 6. The summed E-state index contributed by atoms with van der Waals surface area (Å²) in [6.07, 6.45) is 3.20. The van der Waals surface area contributed by atoms with Crippen LogP contribution in [0.3, 0.4) is 0 Å². The van der Waals surface area contributed by atoms with E-state index in [1.807, 2.05) is 34.6 Å². The van der Waals surface area contributed by atoms with E-state index in [9.17, 15) is 28.8 Å². The van der Waals surface area contributed by atoms with Gasteiger partial charge in [0.05, 0.1) is 19.3 Å². The van der Waals surface area contributed by atoms with Crippen molar-refractivity contribution in [3.8, 4) is 0 Å². The van der Waals surface area contributed by atoms with Crippen LogP contribution in [0.1, 0.15) is 74.1 Å². The van der Waals surface area contributed by atoms with Crippen LogP contribution in [0.25, 0.3) is 0 Å². The summed E-state index contributed by atoms with van der Waals surface area (Å²) in [5, 5.41) is 8.39. The fourth-order valence-corrected chi connectivity index (χ4v) is 7.16. The van der Waals surface area contributed by atoms with Crippen molar-refractivity contribution in [2.45, 2.75) is 98.3 Å². The van der Waals surface area contributed by atoms with Crippen molar-refractivity contribution in [2.24, 2.45) is 40.2 Å². The van der Waals surface area contributed by atoms with E-state index in [4.69, 9.17) is 10.5 Å². The predicted molar refractivity (Wildman–Crippen MR) is 165 cm³/mol. The fraction of sp³-hybridized carbons (Fsp3) is 0.812. The molecular formula is C32H52N6O7. The van der Waals surface area contributed by atoms with Gasteiger partial charge in [-0.1, -0.05) is 67.7 Å². The van der Waals surface area contributed by atoms with Crippen molar-refractivity contribution in [1.29, 1.82) is 0 Å². The molecule has 6 amide bonds. The molecule has 13 heteroatoms. The molecule has 5 N–H and O–H groups in total. The molecule has 252 valence electrons. The van der Waals surface area contributed by atoms with Crippen LogP contribution in [0.15, 0.2) is 0 Å². The second kappa shape index (κ2) is 13.3. The van der Waals surface area contributed by atoms with Crippen molar-refractivity contribution in [1.82, 2.24) is 25.8 Å². The molecule has 4 fully saturated rings. The molecule has 13 nitrogen and oxygen atoms in total. The smallest absolute Gasteiger partial charge is 0.316 e. The molecule has 2 heterocycles. The Hall–Kier alpha value is -3.22. The van der Waals surface area contributed by atoms with Gasteiger partial charge in [0.15, 0.2) is 0 Å². The molecule has 0 aromatic carbocycles. The Balaban J connectivity index is 1.51. The van der Waals surface area contributed by atoms with Gasteiger partial charge in [-0.15, -0.1) is 0 Å². The number of ether oxygens (including phenoxy) is 1. The first-order chi connectivity index (χ1) is 20.9. The number of rotatable bonds is 11. The monoisotopic (exact) mass is 632 g/mol. The van der Waals surface area contributed by atoms with Gasteiger partial charge < -0.3 is 36.2 Å². The third-order valence-corrected chi connectivity index (χ3v) is 10.4. The molecule has 0 radical (unpaired) electrons. The number of urea groups is 1. The first kappa shape index (κ1) is 34.6. The van der Waals surface area contributed by atoms with Gasteiger partial charge in [-0.3, -0.25) is 24.0 Å². The van der Waals surface area contributed by atoms with E-state index < -0.39 is 59.1 Å². The number of fused-ring (bicyclic) bond motifs is 1. The van der Waals surface area contributed by atoms with Crippen molar-refractivity contribution in [3.63, 3.8) is 0 Å². The Bertz CT molecular complexity index is 1190. The van der Waals surface area contributed by atoms with E-state index in [0.717, 1.165) is 19.3 Å². The zero-order valence-corrected chi connectivity index (χ0v) is 27.8. The summed E-state index contributed by atoms with van der Waals surface area (Å²) in [6, 6.07) is -4.38. The minimum absolute atomic E-state index is 0.0695. The summed E-state index contributed by atoms with van der Waals surface area (Å²) in [6.45, 7) is 15.3. The third kappa shape index (κ3) is 7.44. The summed E-state index contributed by atoms with van der Waals surface area (Å²) < 4.78 is 5.35. The lowest BCUT2D eigenvalue weighted by molar-refractivity contribution is -0.145. The van der Waals surface area contributed by atoms with Crippen LogP contribution in [0, 0.1) is 34.5 Å². The molecule has 2 aliphatic carbocycles. The fourth-order valence-electron chi connectivity index (χ4n) is 7.16. The standard InChI is InChI=1S/C32H52N6O7/c1-17(2)22(28(42)37-11-13-45-14-12-37)35-30(44)36-25(31(3,4)5)29(43)38-16-19-21(32(19,6)7)23(38)27(41)34-20(24(39)26(33)40)15-18-9-8-10-18/h17-23,25H,8-16H2,1-7H3,(H2,33,40)(H,34,41)(H2,35,36,44)/t19-,20?,21-,22-,23-,25+/m0/s1. The molecule has 2 saturated carbocycles. The van der Waals surface area contributed by atoms with Crippen LogP contribution in [0.4, 0.5) is 4.79 Å². The highest BCUT2D eigenvalue weighted by Crippen LogP contribution is 2.65. The van der Waals surface area contributed by atoms with Crippen LogP contribution < -0.4 is 21.7 Å². The van der Waals surface area contributed by atoms with Crippen LogP contribution >= 0.6 is 0 Å². The minimum atomic E-state index is -1.10. The van der Waals surface area contributed by atoms with Crippen molar-refractivity contribution >= 4 is 35.4 Å². The van der Waals surface area contributed by atoms with Crippen LogP contribution in [-0.2, 0) is 28.7 Å². The number of carbonyl (C=O) groups excluding carboxylic acids is 6. The zero-order chi connectivity index (χ0) is 33.4. The average molecular weight is 633 g/mol. The van der Waals surface area contributed by atoms with E-state index >= 15 is 0 Å². The van der Waals surface area contributed by atoms with E-state index in [0.29, 0.717) is 39.3 Å². The predicted octanol–water partition coefficient (Wildman–Crippen LogP) is 0.796. The van der Waals surface area contributed by atoms with Crippen molar-refractivity contribution < 1.29 is 33.5 Å². The number of hydrogen-bond acceptors (Lipinski definition) is 7. The van der Waals surface area contributed by atoms with Crippen LogP contribution in [0.2, 0.25) is 0 Å². The SMILES string of the molecule is CC(C)[C@H](NC(=O)N[C@H](C(=O)N1C[C@H]2[C@@H]([C@H]1C(=O)NC(CC1CCC1)C(=O)C(N)=O)C2(C)C)C(C)(C)C)C(=O)N1CCOCC1. The van der Waals surface area contributed by atoms with E-state index in [2.05, 4.69) is 29.8 Å². The molecule has 0 aromatic rings. The van der Waals surface area contributed by atoms with Gasteiger partial charge in [-0.25, -0.2) is 4.79 Å². The molecule has 0 bridgehead atoms. The molecule has 2 aliphatic heterocycles. The number of nitrogens with two attached hydrogens (primary N) is 1. The van der Waals surface area contributed by atoms with E-state index in [1.165, 1.54) is 4.90 Å². The number of ketones is 1. The first-order valence-corrected chi connectivity index (χ1v) is 16.3. The molecule has 0 aromatic heterocycles. The van der Waals surface area contributed by atoms with Crippen LogP contribution in [-0.4, -0.2) is 102 Å². The lowest BCUT2D eigenvalue weighted by Crippen LogP contribution is -2.63. The number of amides is 6. The van der Waals surface area contributed by atoms with Gasteiger partial charge in [0, 0.05) is 19.6 Å². The zero-order valence-electron chi connectivity index (χ0n) is 27.8. The normalized spacial score (nSPS) is 26.2. The lowest BCUT2D eigenvalue weighted by Gasteiger charge is -2.38. The number of primary amides is 1. The van der Waals surface area contributed by atoms with Gasteiger partial charge in [0.1, 0.15) is 18.1 Å². The number of likely N-dealkylation sites (tertiary alicyclic amines) is 1. The van der Waals surface area contributed by atoms with Gasteiger partial charge in [0.25, 0.3) is 5.91 Å². The van der Waals surface area contributed by atoms with Gasteiger partial charge >= 0.3 is 6.03 Å². The highest BCUT2D eigenvalue weighted by molar-refractivity contribution is 6.37. The Morgan fingerprint density at radius 3 is 2.09 bits per heavy atom. The first-order valence-electron chi connectivity index (χ1n) is 16.3. The number of nitrogens with one attached hydrogen (secondary N) is 3. The highest BCUT2D eigenvalue weighted by Gasteiger charge is 2.70. The summed E-state index contributed by atoms with van der Waals surface area (Å²) in [5.74, 6) is -3.10. The topological polar surface area (TPSA) is 180 Å². The third-order valence-electron chi connectivity index (χ3n) is 10.4. The van der Waals surface area contributed by atoms with Crippen molar-refractivity contribution in [3.05, 3.63) is 0 Å². The summed E-state index contributed by atoms with van der Waals surface area (Å²) in [5.41, 5.74) is 4.39. The maximum Gasteiger partial charge on any atom is 0.316 e. The summed E-state index contributed by atoms with van der Waals surface area (Å²) in [7, 11) is 0. The second-order valence-electron chi connectivity index (χ2n) is 15.3. The molecule has 45 heavy (non-hydrogen) atoms.